The zero-order valence-corrected chi connectivity index (χ0v) is 27.4. The molecule has 8 nitrogen and oxygen atoms in total. The fourth-order valence-corrected chi connectivity index (χ4v) is 6.76. The Morgan fingerprint density at radius 2 is 1.18 bits per heavy atom. The molecule has 4 aromatic rings. The van der Waals surface area contributed by atoms with Crippen LogP contribution in [0.1, 0.15) is 35.0 Å². The largest absolute Gasteiger partial charge is 0.493 e. The summed E-state index contributed by atoms with van der Waals surface area (Å²) in [6.45, 7) is 1.82. The molecule has 1 unspecified atom stereocenters. The minimum atomic E-state index is -0.938. The van der Waals surface area contributed by atoms with Crippen LogP contribution in [0.4, 0.5) is 0 Å². The molecular formula is C41H44O8. The van der Waals surface area contributed by atoms with Gasteiger partial charge in [0.15, 0.2) is 6.29 Å². The van der Waals surface area contributed by atoms with Crippen molar-refractivity contribution in [3.8, 4) is 0 Å². The SMILES string of the molecule is O[C@@H]1[C@@H](OCc2ccccc2)[C@@H]2OC(c3ccccc3)OC[C@H]2C[C@@H]1OC[C@H]1OC=C[C@@H](OCc2ccccc2)[C@@H]1OCc1ccccc1. The Bertz CT molecular complexity index is 1570. The summed E-state index contributed by atoms with van der Waals surface area (Å²) in [5, 5.41) is 11.8. The minimum absolute atomic E-state index is 0.0339. The summed E-state index contributed by atoms with van der Waals surface area (Å²) in [6, 6.07) is 39.9. The zero-order valence-electron chi connectivity index (χ0n) is 27.4. The van der Waals surface area contributed by atoms with E-state index in [1.807, 2.05) is 127 Å². The van der Waals surface area contributed by atoms with E-state index in [4.69, 9.17) is 33.2 Å². The van der Waals surface area contributed by atoms with Gasteiger partial charge >= 0.3 is 0 Å². The quantitative estimate of drug-likeness (QED) is 0.173. The molecule has 1 saturated carbocycles. The highest BCUT2D eigenvalue weighted by Gasteiger charge is 2.50. The third-order valence-electron chi connectivity index (χ3n) is 9.40. The zero-order chi connectivity index (χ0) is 33.3. The van der Waals surface area contributed by atoms with Crippen LogP contribution >= 0.6 is 0 Å². The maximum absolute atomic E-state index is 11.8. The Labute approximate surface area is 288 Å². The van der Waals surface area contributed by atoms with E-state index in [0.717, 1.165) is 22.3 Å². The summed E-state index contributed by atoms with van der Waals surface area (Å²) >= 11 is 0. The van der Waals surface area contributed by atoms with Crippen molar-refractivity contribution in [3.05, 3.63) is 156 Å². The second-order valence-electron chi connectivity index (χ2n) is 12.8. The molecular weight excluding hydrogens is 620 g/mol. The van der Waals surface area contributed by atoms with Gasteiger partial charge < -0.3 is 38.3 Å². The second kappa shape index (κ2) is 16.7. The Morgan fingerprint density at radius 1 is 0.633 bits per heavy atom. The predicted octanol–water partition coefficient (Wildman–Crippen LogP) is 6.54. The van der Waals surface area contributed by atoms with E-state index in [2.05, 4.69) is 0 Å². The van der Waals surface area contributed by atoms with Gasteiger partial charge in [-0.2, -0.15) is 0 Å². The molecule has 0 spiro atoms. The fourth-order valence-electron chi connectivity index (χ4n) is 6.76. The van der Waals surface area contributed by atoms with Gasteiger partial charge in [-0.05, 0) is 29.2 Å². The number of fused-ring (bicyclic) bond motifs is 1. The summed E-state index contributed by atoms with van der Waals surface area (Å²) in [4.78, 5) is 0. The molecule has 256 valence electrons. The Balaban J connectivity index is 1.05. The van der Waals surface area contributed by atoms with Crippen molar-refractivity contribution in [1.29, 1.82) is 0 Å². The lowest BCUT2D eigenvalue weighted by Crippen LogP contribution is -2.59. The highest BCUT2D eigenvalue weighted by Crippen LogP contribution is 2.40. The summed E-state index contributed by atoms with van der Waals surface area (Å²) in [5.41, 5.74) is 4.08. The monoisotopic (exact) mass is 664 g/mol. The van der Waals surface area contributed by atoms with Crippen molar-refractivity contribution < 1.29 is 38.3 Å². The van der Waals surface area contributed by atoms with Gasteiger partial charge in [0.25, 0.3) is 0 Å². The molecule has 0 bridgehead atoms. The summed E-state index contributed by atoms with van der Waals surface area (Å²) in [7, 11) is 0. The predicted molar refractivity (Wildman–Crippen MR) is 183 cm³/mol. The van der Waals surface area contributed by atoms with Gasteiger partial charge in [-0.3, -0.25) is 0 Å². The first-order valence-corrected chi connectivity index (χ1v) is 17.1. The molecule has 2 fully saturated rings. The molecule has 1 N–H and O–H groups in total. The van der Waals surface area contributed by atoms with E-state index in [9.17, 15) is 5.11 Å². The van der Waals surface area contributed by atoms with Crippen molar-refractivity contribution in [3.63, 3.8) is 0 Å². The van der Waals surface area contributed by atoms with Gasteiger partial charge in [-0.15, -0.1) is 0 Å². The Hall–Kier alpha value is -3.86. The van der Waals surface area contributed by atoms with Crippen LogP contribution in [0.5, 0.6) is 0 Å². The van der Waals surface area contributed by atoms with Gasteiger partial charge in [0, 0.05) is 11.5 Å². The van der Waals surface area contributed by atoms with Crippen molar-refractivity contribution >= 4 is 0 Å². The number of aliphatic hydroxyl groups excluding tert-OH is 1. The van der Waals surface area contributed by atoms with Crippen LogP contribution in [0.25, 0.3) is 0 Å². The summed E-state index contributed by atoms with van der Waals surface area (Å²) in [5.74, 6) is -0.0339. The van der Waals surface area contributed by atoms with Gasteiger partial charge in [-0.1, -0.05) is 121 Å². The summed E-state index contributed by atoms with van der Waals surface area (Å²) in [6.07, 6.45) is -0.169. The van der Waals surface area contributed by atoms with E-state index >= 15 is 0 Å². The summed E-state index contributed by atoms with van der Waals surface area (Å²) < 4.78 is 44.7. The van der Waals surface area contributed by atoms with E-state index in [0.29, 0.717) is 32.8 Å². The molecule has 9 atom stereocenters. The first-order chi connectivity index (χ1) is 24.2. The molecule has 1 saturated heterocycles. The third-order valence-corrected chi connectivity index (χ3v) is 9.40. The molecule has 0 amide bonds. The maximum atomic E-state index is 11.8. The number of hydrogen-bond donors (Lipinski definition) is 1. The second-order valence-corrected chi connectivity index (χ2v) is 12.8. The highest BCUT2D eigenvalue weighted by atomic mass is 16.7. The van der Waals surface area contributed by atoms with E-state index < -0.39 is 36.8 Å². The first kappa shape index (κ1) is 33.6. The number of rotatable bonds is 13. The average Bonchev–Trinajstić information content (AvgIpc) is 3.17. The van der Waals surface area contributed by atoms with Gasteiger partial charge in [0.1, 0.15) is 30.5 Å². The van der Waals surface area contributed by atoms with Crippen LogP contribution in [0.3, 0.4) is 0 Å². The van der Waals surface area contributed by atoms with E-state index in [1.165, 1.54) is 0 Å². The lowest BCUT2D eigenvalue weighted by molar-refractivity contribution is -0.304. The standard InChI is InChI=1S/C41H44O8/c42-37-35(23-33-27-48-41(32-19-11-4-12-20-32)49-38(33)40(37)47-26-31-17-9-3-10-18-31)45-28-36-39(46-25-30-15-7-2-8-16-30)34(21-22-43-36)44-24-29-13-5-1-6-14-29/h1-22,33-42H,23-28H2/t33-,34-,35+,36-,37+,38-,39+,40-,41?/m1/s1. The van der Waals surface area contributed by atoms with Crippen LogP contribution in [0.15, 0.2) is 134 Å². The smallest absolute Gasteiger partial charge is 0.184 e. The van der Waals surface area contributed by atoms with Crippen LogP contribution in [0.2, 0.25) is 0 Å². The first-order valence-electron chi connectivity index (χ1n) is 17.1. The molecule has 4 aromatic carbocycles. The highest BCUT2D eigenvalue weighted by molar-refractivity contribution is 5.18. The van der Waals surface area contributed by atoms with Crippen molar-refractivity contribution in [2.75, 3.05) is 13.2 Å². The topological polar surface area (TPSA) is 84.8 Å². The molecule has 7 rings (SSSR count). The maximum Gasteiger partial charge on any atom is 0.184 e. The molecule has 2 aliphatic heterocycles. The molecule has 8 heteroatoms. The fraction of sp³-hybridized carbons (Fsp3) is 0.366. The Kier molecular flexibility index (Phi) is 11.5. The molecule has 0 radical (unpaired) electrons. The number of ether oxygens (including phenoxy) is 7. The van der Waals surface area contributed by atoms with Crippen LogP contribution < -0.4 is 0 Å². The van der Waals surface area contributed by atoms with E-state index in [-0.39, 0.29) is 24.7 Å². The van der Waals surface area contributed by atoms with Gasteiger partial charge in [0.2, 0.25) is 0 Å². The molecule has 3 aliphatic rings. The lowest BCUT2D eigenvalue weighted by atomic mass is 9.80. The van der Waals surface area contributed by atoms with Crippen LogP contribution in [0, 0.1) is 5.92 Å². The lowest BCUT2D eigenvalue weighted by Gasteiger charge is -2.48. The number of aliphatic hydroxyl groups is 1. The molecule has 49 heavy (non-hydrogen) atoms. The van der Waals surface area contributed by atoms with E-state index in [1.54, 1.807) is 6.26 Å². The van der Waals surface area contributed by atoms with Crippen molar-refractivity contribution in [2.45, 2.75) is 75.3 Å². The van der Waals surface area contributed by atoms with Crippen LogP contribution in [-0.2, 0) is 53.0 Å². The van der Waals surface area contributed by atoms with Crippen molar-refractivity contribution in [1.82, 2.24) is 0 Å². The average molecular weight is 665 g/mol. The Morgan fingerprint density at radius 3 is 1.80 bits per heavy atom. The number of hydrogen-bond acceptors (Lipinski definition) is 8. The molecule has 1 aliphatic carbocycles. The molecule has 0 aromatic heterocycles. The van der Waals surface area contributed by atoms with Gasteiger partial charge in [0.05, 0.1) is 51.5 Å². The molecule has 2 heterocycles. The van der Waals surface area contributed by atoms with Crippen molar-refractivity contribution in [2.24, 2.45) is 5.92 Å². The van der Waals surface area contributed by atoms with Gasteiger partial charge in [-0.25, -0.2) is 0 Å². The normalized spacial score (nSPS) is 29.5. The minimum Gasteiger partial charge on any atom is -0.493 e. The van der Waals surface area contributed by atoms with Crippen LogP contribution in [-0.4, -0.2) is 61.0 Å². The number of benzene rings is 4. The third kappa shape index (κ3) is 8.66.